The lowest BCUT2D eigenvalue weighted by Crippen LogP contribution is -2.07. The molecule has 0 aliphatic heterocycles. The highest BCUT2D eigenvalue weighted by atomic mass is 16.5. The van der Waals surface area contributed by atoms with E-state index in [2.05, 4.69) is 29.6 Å². The van der Waals surface area contributed by atoms with Crippen LogP contribution in [-0.4, -0.2) is 20.7 Å². The van der Waals surface area contributed by atoms with Gasteiger partial charge in [0.05, 0.1) is 6.61 Å². The topological polar surface area (TPSA) is 21.3 Å². The standard InChI is InChI=1S/C13H21NO/c1-14-10-4-3-5-12-6-8-13(9-7-12)11-15-2/h6-9,14H,3-5,10-11H2,1-2H3. The second-order valence-corrected chi connectivity index (χ2v) is 3.81. The lowest BCUT2D eigenvalue weighted by molar-refractivity contribution is 0.185. The van der Waals surface area contributed by atoms with E-state index in [1.54, 1.807) is 7.11 Å². The number of rotatable bonds is 7. The maximum Gasteiger partial charge on any atom is 0.0713 e. The van der Waals surface area contributed by atoms with E-state index < -0.39 is 0 Å². The van der Waals surface area contributed by atoms with Crippen LogP contribution in [0.5, 0.6) is 0 Å². The fraction of sp³-hybridized carbons (Fsp3) is 0.538. The summed E-state index contributed by atoms with van der Waals surface area (Å²) in [6, 6.07) is 8.70. The van der Waals surface area contributed by atoms with Gasteiger partial charge in [-0.15, -0.1) is 0 Å². The van der Waals surface area contributed by atoms with Crippen LogP contribution in [0.3, 0.4) is 0 Å². The second-order valence-electron chi connectivity index (χ2n) is 3.81. The van der Waals surface area contributed by atoms with Crippen molar-refractivity contribution in [2.45, 2.75) is 25.9 Å². The zero-order valence-electron chi connectivity index (χ0n) is 9.75. The Hall–Kier alpha value is -0.860. The Morgan fingerprint density at radius 2 is 1.73 bits per heavy atom. The fourth-order valence-electron chi connectivity index (χ4n) is 1.60. The number of nitrogens with one attached hydrogen (secondary N) is 1. The van der Waals surface area contributed by atoms with Gasteiger partial charge in [0.25, 0.3) is 0 Å². The van der Waals surface area contributed by atoms with Gasteiger partial charge in [0, 0.05) is 7.11 Å². The lowest BCUT2D eigenvalue weighted by atomic mass is 10.1. The number of hydrogen-bond donors (Lipinski definition) is 1. The Bertz CT molecular complexity index is 256. The summed E-state index contributed by atoms with van der Waals surface area (Å²) in [5.74, 6) is 0. The van der Waals surface area contributed by atoms with E-state index in [9.17, 15) is 0 Å². The van der Waals surface area contributed by atoms with Crippen molar-refractivity contribution in [1.82, 2.24) is 5.32 Å². The van der Waals surface area contributed by atoms with E-state index in [4.69, 9.17) is 4.74 Å². The molecule has 2 nitrogen and oxygen atoms in total. The highest BCUT2D eigenvalue weighted by Crippen LogP contribution is 2.08. The molecule has 0 saturated carbocycles. The molecule has 84 valence electrons. The summed E-state index contributed by atoms with van der Waals surface area (Å²) in [5.41, 5.74) is 2.67. The fourth-order valence-corrected chi connectivity index (χ4v) is 1.60. The number of aryl methyl sites for hydroxylation is 1. The average Bonchev–Trinajstić information content (AvgIpc) is 2.27. The molecule has 0 aromatic heterocycles. The molecule has 0 fully saturated rings. The Kier molecular flexibility index (Phi) is 6.05. The predicted octanol–water partition coefficient (Wildman–Crippen LogP) is 2.38. The SMILES string of the molecule is CNCCCCc1ccc(COC)cc1. The van der Waals surface area contributed by atoms with Crippen LogP contribution in [0.4, 0.5) is 0 Å². The molecule has 2 heteroatoms. The predicted molar refractivity (Wildman–Crippen MR) is 64.0 cm³/mol. The third kappa shape index (κ3) is 4.96. The minimum Gasteiger partial charge on any atom is -0.380 e. The molecule has 0 bridgehead atoms. The van der Waals surface area contributed by atoms with E-state index in [-0.39, 0.29) is 0 Å². The summed E-state index contributed by atoms with van der Waals surface area (Å²) >= 11 is 0. The third-order valence-corrected chi connectivity index (χ3v) is 2.48. The maximum atomic E-state index is 5.07. The van der Waals surface area contributed by atoms with Crippen molar-refractivity contribution >= 4 is 0 Å². The zero-order chi connectivity index (χ0) is 10.9. The highest BCUT2D eigenvalue weighted by Gasteiger charge is 1.94. The van der Waals surface area contributed by atoms with Gasteiger partial charge in [0.2, 0.25) is 0 Å². The molecular formula is C13H21NO. The summed E-state index contributed by atoms with van der Waals surface area (Å²) in [6.45, 7) is 1.82. The van der Waals surface area contributed by atoms with Gasteiger partial charge in [-0.05, 0) is 44.0 Å². The van der Waals surface area contributed by atoms with E-state index in [0.717, 1.165) is 6.54 Å². The van der Waals surface area contributed by atoms with Crippen molar-refractivity contribution in [3.05, 3.63) is 35.4 Å². The Morgan fingerprint density at radius 3 is 2.33 bits per heavy atom. The van der Waals surface area contributed by atoms with Crippen molar-refractivity contribution in [1.29, 1.82) is 0 Å². The molecule has 0 atom stereocenters. The minimum absolute atomic E-state index is 0.708. The monoisotopic (exact) mass is 207 g/mol. The summed E-state index contributed by atoms with van der Waals surface area (Å²) < 4.78 is 5.07. The Morgan fingerprint density at radius 1 is 1.07 bits per heavy atom. The van der Waals surface area contributed by atoms with E-state index >= 15 is 0 Å². The molecule has 1 aromatic rings. The average molecular weight is 207 g/mol. The summed E-state index contributed by atoms with van der Waals surface area (Å²) in [7, 11) is 3.73. The van der Waals surface area contributed by atoms with Gasteiger partial charge in [-0.2, -0.15) is 0 Å². The molecule has 1 rings (SSSR count). The first-order valence-electron chi connectivity index (χ1n) is 5.58. The number of ether oxygens (including phenoxy) is 1. The summed E-state index contributed by atoms with van der Waals surface area (Å²) in [6.07, 6.45) is 3.68. The molecule has 1 N–H and O–H groups in total. The lowest BCUT2D eigenvalue weighted by Gasteiger charge is -2.03. The Labute approximate surface area is 92.6 Å². The van der Waals surface area contributed by atoms with Crippen molar-refractivity contribution in [3.8, 4) is 0 Å². The third-order valence-electron chi connectivity index (χ3n) is 2.48. The quantitative estimate of drug-likeness (QED) is 0.693. The second kappa shape index (κ2) is 7.43. The molecule has 0 saturated heterocycles. The van der Waals surface area contributed by atoms with Gasteiger partial charge in [-0.1, -0.05) is 24.3 Å². The van der Waals surface area contributed by atoms with Crippen LogP contribution in [0.25, 0.3) is 0 Å². The number of methoxy groups -OCH3 is 1. The van der Waals surface area contributed by atoms with Crippen LogP contribution in [0, 0.1) is 0 Å². The van der Waals surface area contributed by atoms with Crippen LogP contribution in [0.1, 0.15) is 24.0 Å². The summed E-state index contributed by atoms with van der Waals surface area (Å²) in [4.78, 5) is 0. The number of hydrogen-bond acceptors (Lipinski definition) is 2. The van der Waals surface area contributed by atoms with E-state index in [0.29, 0.717) is 6.61 Å². The van der Waals surface area contributed by atoms with Crippen LogP contribution in [0.2, 0.25) is 0 Å². The molecule has 0 aliphatic rings. The molecule has 0 unspecified atom stereocenters. The first-order chi connectivity index (χ1) is 7.36. The number of unbranched alkanes of at least 4 members (excludes halogenated alkanes) is 1. The molecule has 0 aliphatic carbocycles. The maximum absolute atomic E-state index is 5.07. The molecule has 0 spiro atoms. The molecule has 1 aromatic carbocycles. The first kappa shape index (κ1) is 12.2. The van der Waals surface area contributed by atoms with Gasteiger partial charge in [-0.25, -0.2) is 0 Å². The van der Waals surface area contributed by atoms with Gasteiger partial charge in [-0.3, -0.25) is 0 Å². The largest absolute Gasteiger partial charge is 0.380 e. The molecule has 15 heavy (non-hydrogen) atoms. The van der Waals surface area contributed by atoms with Crippen molar-refractivity contribution in [2.75, 3.05) is 20.7 Å². The van der Waals surface area contributed by atoms with Gasteiger partial charge in [0.15, 0.2) is 0 Å². The van der Waals surface area contributed by atoms with E-state index in [1.165, 1.54) is 30.4 Å². The van der Waals surface area contributed by atoms with Crippen LogP contribution >= 0.6 is 0 Å². The number of benzene rings is 1. The van der Waals surface area contributed by atoms with Crippen molar-refractivity contribution in [2.24, 2.45) is 0 Å². The summed E-state index contributed by atoms with van der Waals surface area (Å²) in [5, 5.41) is 3.16. The normalized spacial score (nSPS) is 10.5. The van der Waals surface area contributed by atoms with E-state index in [1.807, 2.05) is 7.05 Å². The van der Waals surface area contributed by atoms with Crippen LogP contribution in [-0.2, 0) is 17.8 Å². The molecule has 0 amide bonds. The Balaban J connectivity index is 2.29. The van der Waals surface area contributed by atoms with Gasteiger partial charge < -0.3 is 10.1 Å². The van der Waals surface area contributed by atoms with Gasteiger partial charge >= 0.3 is 0 Å². The van der Waals surface area contributed by atoms with Crippen molar-refractivity contribution < 1.29 is 4.74 Å². The van der Waals surface area contributed by atoms with Crippen molar-refractivity contribution in [3.63, 3.8) is 0 Å². The molecule has 0 radical (unpaired) electrons. The first-order valence-corrected chi connectivity index (χ1v) is 5.58. The molecule has 0 heterocycles. The van der Waals surface area contributed by atoms with Crippen LogP contribution < -0.4 is 5.32 Å². The minimum atomic E-state index is 0.708. The molecular weight excluding hydrogens is 186 g/mol. The van der Waals surface area contributed by atoms with Crippen LogP contribution in [0.15, 0.2) is 24.3 Å². The van der Waals surface area contributed by atoms with Gasteiger partial charge in [0.1, 0.15) is 0 Å². The highest BCUT2D eigenvalue weighted by molar-refractivity contribution is 5.22. The smallest absolute Gasteiger partial charge is 0.0713 e. The zero-order valence-corrected chi connectivity index (χ0v) is 9.75.